The van der Waals surface area contributed by atoms with E-state index in [0.29, 0.717) is 10.8 Å². The van der Waals surface area contributed by atoms with Crippen LogP contribution >= 0.6 is 39.9 Å². The van der Waals surface area contributed by atoms with Gasteiger partial charge in [0.2, 0.25) is 0 Å². The van der Waals surface area contributed by atoms with E-state index < -0.39 is 0 Å². The molecule has 114 valence electrons. The Kier molecular flexibility index (Phi) is 5.60. The fourth-order valence-corrected chi connectivity index (χ4v) is 2.95. The van der Waals surface area contributed by atoms with Gasteiger partial charge in [-0.2, -0.15) is 0 Å². The maximum absolute atomic E-state index is 6.28. The lowest BCUT2D eigenvalue weighted by molar-refractivity contribution is 0.182. The van der Waals surface area contributed by atoms with Crippen LogP contribution in [0.15, 0.2) is 39.4 Å². The molecule has 1 aliphatic heterocycles. The number of fused-ring (bicyclic) bond motifs is 1. The number of ether oxygens (including phenoxy) is 1. The highest BCUT2D eigenvalue weighted by molar-refractivity contribution is 9.10. The number of hydrogen-bond donors (Lipinski definition) is 0. The molecule has 1 atom stereocenters. The predicted molar refractivity (Wildman–Crippen MR) is 89.4 cm³/mol. The Morgan fingerprint density at radius 3 is 3.00 bits per heavy atom. The number of nitrogens with zero attached hydrogens (tertiary/aromatic N) is 1. The topological polar surface area (TPSA) is 25.6 Å². The highest BCUT2D eigenvalue weighted by atomic mass is 79.9. The molecule has 3 rings (SSSR count). The largest absolute Gasteiger partial charge is 0.484 e. The Morgan fingerprint density at radius 1 is 1.38 bits per heavy atom. The number of hydrogen-bond acceptors (Lipinski definition) is 3. The molecule has 1 aromatic carbocycles. The van der Waals surface area contributed by atoms with E-state index in [1.165, 1.54) is 0 Å². The third-order valence-corrected chi connectivity index (χ3v) is 4.78. The summed E-state index contributed by atoms with van der Waals surface area (Å²) in [7, 11) is 2.08. The molecular formula is C15H16BrCl2NO2. The Hall–Kier alpha value is -0.680. The van der Waals surface area contributed by atoms with E-state index in [1.54, 1.807) is 6.26 Å². The predicted octanol–water partition coefficient (Wildman–Crippen LogP) is 5.07. The van der Waals surface area contributed by atoms with Crippen molar-refractivity contribution < 1.29 is 9.15 Å². The van der Waals surface area contributed by atoms with Crippen molar-refractivity contribution in [3.63, 3.8) is 0 Å². The normalized spacial score (nSPS) is 18.5. The van der Waals surface area contributed by atoms with E-state index in [2.05, 4.69) is 27.9 Å². The lowest BCUT2D eigenvalue weighted by Gasteiger charge is -2.19. The third-order valence-electron chi connectivity index (χ3n) is 3.50. The quantitative estimate of drug-likeness (QED) is 0.713. The van der Waals surface area contributed by atoms with Gasteiger partial charge in [0.1, 0.15) is 17.6 Å². The Labute approximate surface area is 143 Å². The molecule has 2 heterocycles. The van der Waals surface area contributed by atoms with E-state index >= 15 is 0 Å². The van der Waals surface area contributed by atoms with Crippen LogP contribution in [0.25, 0.3) is 0 Å². The van der Waals surface area contributed by atoms with Gasteiger partial charge in [-0.25, -0.2) is 0 Å². The Bertz CT molecular complexity index is 617. The fourth-order valence-electron chi connectivity index (χ4n) is 2.43. The first-order chi connectivity index (χ1) is 9.65. The van der Waals surface area contributed by atoms with Crippen LogP contribution in [0, 0.1) is 0 Å². The molecule has 0 saturated heterocycles. The van der Waals surface area contributed by atoms with E-state index in [1.807, 2.05) is 24.3 Å². The maximum Gasteiger partial charge on any atom is 0.139 e. The van der Waals surface area contributed by atoms with Gasteiger partial charge in [0.25, 0.3) is 0 Å². The summed E-state index contributed by atoms with van der Waals surface area (Å²) < 4.78 is 12.5. The minimum absolute atomic E-state index is 0. The van der Waals surface area contributed by atoms with E-state index in [-0.39, 0.29) is 18.5 Å². The number of furan rings is 1. The summed E-state index contributed by atoms with van der Waals surface area (Å²) in [5.41, 5.74) is 1.12. The summed E-state index contributed by atoms with van der Waals surface area (Å²) in [5, 5.41) is 0.607. The van der Waals surface area contributed by atoms with Crippen molar-refractivity contribution >= 4 is 39.9 Å². The van der Waals surface area contributed by atoms with Crippen molar-refractivity contribution in [3.05, 3.63) is 51.3 Å². The molecule has 0 bridgehead atoms. The second-order valence-electron chi connectivity index (χ2n) is 4.98. The lowest BCUT2D eigenvalue weighted by Crippen LogP contribution is -2.18. The van der Waals surface area contributed by atoms with Gasteiger partial charge in [-0.15, -0.1) is 12.4 Å². The number of halogens is 3. The molecule has 0 aliphatic carbocycles. The monoisotopic (exact) mass is 391 g/mol. The smallest absolute Gasteiger partial charge is 0.139 e. The molecule has 0 N–H and O–H groups in total. The van der Waals surface area contributed by atoms with Crippen LogP contribution in [0.3, 0.4) is 0 Å². The zero-order valence-electron chi connectivity index (χ0n) is 11.5. The van der Waals surface area contributed by atoms with Crippen molar-refractivity contribution in [1.82, 2.24) is 4.90 Å². The molecule has 0 fully saturated rings. The van der Waals surface area contributed by atoms with Crippen LogP contribution in [-0.2, 0) is 6.54 Å². The average molecular weight is 393 g/mol. The van der Waals surface area contributed by atoms with E-state index in [4.69, 9.17) is 20.8 Å². The highest BCUT2D eigenvalue weighted by Crippen LogP contribution is 2.37. The molecular weight excluding hydrogens is 377 g/mol. The first kappa shape index (κ1) is 16.7. The van der Waals surface area contributed by atoms with Crippen LogP contribution in [0.2, 0.25) is 5.02 Å². The van der Waals surface area contributed by atoms with Gasteiger partial charge in [-0.05, 0) is 41.2 Å². The molecule has 3 nitrogen and oxygen atoms in total. The van der Waals surface area contributed by atoms with Crippen LogP contribution in [0.4, 0.5) is 0 Å². The van der Waals surface area contributed by atoms with Crippen LogP contribution in [0.1, 0.15) is 23.8 Å². The minimum Gasteiger partial charge on any atom is -0.484 e. The van der Waals surface area contributed by atoms with Crippen molar-refractivity contribution in [1.29, 1.82) is 0 Å². The lowest BCUT2D eigenvalue weighted by atomic mass is 10.1. The van der Waals surface area contributed by atoms with Gasteiger partial charge < -0.3 is 9.15 Å². The molecule has 1 aliphatic rings. The highest BCUT2D eigenvalue weighted by Gasteiger charge is 2.25. The van der Waals surface area contributed by atoms with Crippen molar-refractivity contribution in [2.45, 2.75) is 19.1 Å². The molecule has 6 heteroatoms. The minimum atomic E-state index is -0.0273. The van der Waals surface area contributed by atoms with Crippen LogP contribution in [0.5, 0.6) is 5.75 Å². The summed E-state index contributed by atoms with van der Waals surface area (Å²) in [6.45, 7) is 1.77. The second kappa shape index (κ2) is 7.05. The summed E-state index contributed by atoms with van der Waals surface area (Å²) in [5.74, 6) is 1.67. The van der Waals surface area contributed by atoms with Crippen LogP contribution in [-0.4, -0.2) is 18.5 Å². The second-order valence-corrected chi connectivity index (χ2v) is 6.22. The Balaban J connectivity index is 0.00000161. The molecule has 21 heavy (non-hydrogen) atoms. The van der Waals surface area contributed by atoms with Crippen molar-refractivity contribution in [3.8, 4) is 5.75 Å². The summed E-state index contributed by atoms with van der Waals surface area (Å²) in [4.78, 5) is 2.23. The van der Waals surface area contributed by atoms with Crippen LogP contribution < -0.4 is 4.74 Å². The summed E-state index contributed by atoms with van der Waals surface area (Å²) in [6.07, 6.45) is 2.61. The zero-order chi connectivity index (χ0) is 14.1. The molecule has 0 radical (unpaired) electrons. The Morgan fingerprint density at radius 2 is 2.19 bits per heavy atom. The summed E-state index contributed by atoms with van der Waals surface area (Å²) >= 11 is 9.70. The number of benzene rings is 1. The van der Waals surface area contributed by atoms with E-state index in [9.17, 15) is 0 Å². The first-order valence-electron chi connectivity index (χ1n) is 6.50. The van der Waals surface area contributed by atoms with Crippen molar-refractivity contribution in [2.24, 2.45) is 0 Å². The SMILES string of the molecule is CN1CCC(Oc2cccc(Br)c2Cl)c2ccoc2C1.Cl. The van der Waals surface area contributed by atoms with Crippen molar-refractivity contribution in [2.75, 3.05) is 13.6 Å². The number of rotatable bonds is 2. The fraction of sp³-hybridized carbons (Fsp3) is 0.333. The van der Waals surface area contributed by atoms with Gasteiger partial charge in [-0.1, -0.05) is 17.7 Å². The average Bonchev–Trinajstić information content (AvgIpc) is 2.82. The van der Waals surface area contributed by atoms with Gasteiger partial charge in [-0.3, -0.25) is 4.90 Å². The molecule has 1 unspecified atom stereocenters. The van der Waals surface area contributed by atoms with Gasteiger partial charge in [0, 0.05) is 23.0 Å². The molecule has 1 aromatic heterocycles. The third kappa shape index (κ3) is 3.57. The van der Waals surface area contributed by atoms with E-state index in [0.717, 1.165) is 35.3 Å². The molecule has 0 saturated carbocycles. The van der Waals surface area contributed by atoms with Gasteiger partial charge in [0.15, 0.2) is 0 Å². The first-order valence-corrected chi connectivity index (χ1v) is 7.67. The summed E-state index contributed by atoms with van der Waals surface area (Å²) in [6, 6.07) is 7.70. The molecule has 2 aromatic rings. The molecule has 0 amide bonds. The van der Waals surface area contributed by atoms with Gasteiger partial charge >= 0.3 is 0 Å². The molecule has 0 spiro atoms. The van der Waals surface area contributed by atoms with Gasteiger partial charge in [0.05, 0.1) is 17.8 Å². The maximum atomic E-state index is 6.28. The zero-order valence-corrected chi connectivity index (χ0v) is 14.7. The standard InChI is InChI=1S/C15H15BrClNO2.ClH/c1-18-7-5-12(10-6-8-19-14(10)9-18)20-13-4-2-3-11(16)15(13)17;/h2-4,6,8,12H,5,7,9H2,1H3;1H.